The Hall–Kier alpha value is -6.38. The summed E-state index contributed by atoms with van der Waals surface area (Å²) in [6, 6.07) is 19.7. The number of ether oxygens (including phenoxy) is 3. The molecular formula is C42H45N5O9. The van der Waals surface area contributed by atoms with Crippen LogP contribution in [0.5, 0.6) is 11.8 Å². The number of aromatic nitrogens is 4. The van der Waals surface area contributed by atoms with Crippen LogP contribution >= 0.6 is 0 Å². The van der Waals surface area contributed by atoms with Gasteiger partial charge in [0.2, 0.25) is 22.6 Å². The van der Waals surface area contributed by atoms with Crippen LogP contribution in [0.25, 0.3) is 21.8 Å². The minimum atomic E-state index is -1.23. The van der Waals surface area contributed by atoms with Crippen molar-refractivity contribution in [2.24, 2.45) is 0 Å². The number of carbonyl (C=O) groups excluding carboxylic acids is 1. The molecule has 0 atom stereocenters. The van der Waals surface area contributed by atoms with Crippen LogP contribution in [-0.4, -0.2) is 60.4 Å². The highest BCUT2D eigenvalue weighted by atomic mass is 16.5. The van der Waals surface area contributed by atoms with Crippen LogP contribution < -0.4 is 26.5 Å². The van der Waals surface area contributed by atoms with Crippen LogP contribution in [0.3, 0.4) is 0 Å². The zero-order chi connectivity index (χ0) is 37.9. The number of rotatable bonds is 9. The molecule has 0 spiro atoms. The van der Waals surface area contributed by atoms with Crippen molar-refractivity contribution in [2.75, 3.05) is 6.61 Å². The Balaban J connectivity index is 0.000000207. The van der Waals surface area contributed by atoms with Crippen molar-refractivity contribution in [1.29, 1.82) is 0 Å². The second-order valence-corrected chi connectivity index (χ2v) is 13.3. The molecule has 0 saturated heterocycles. The van der Waals surface area contributed by atoms with Gasteiger partial charge in [-0.2, -0.15) is 0 Å². The van der Waals surface area contributed by atoms with Gasteiger partial charge in [-0.25, -0.2) is 19.6 Å². The van der Waals surface area contributed by atoms with Gasteiger partial charge in [0.15, 0.2) is 0 Å². The maximum Gasteiger partial charge on any atom is 0.343 e. The van der Waals surface area contributed by atoms with Gasteiger partial charge in [0.25, 0.3) is 0 Å². The largest absolute Gasteiger partial charge is 0.477 e. The Labute approximate surface area is 322 Å². The smallest absolute Gasteiger partial charge is 0.343 e. The van der Waals surface area contributed by atoms with Crippen molar-refractivity contribution < 1.29 is 34.4 Å². The van der Waals surface area contributed by atoms with Crippen molar-refractivity contribution >= 4 is 33.7 Å². The van der Waals surface area contributed by atoms with Crippen LogP contribution in [0.1, 0.15) is 63.7 Å². The predicted octanol–water partition coefficient (Wildman–Crippen LogP) is 5.14. The summed E-state index contributed by atoms with van der Waals surface area (Å²) >= 11 is 0. The molecule has 0 amide bonds. The van der Waals surface area contributed by atoms with Gasteiger partial charge in [-0.05, 0) is 43.0 Å². The summed E-state index contributed by atoms with van der Waals surface area (Å²) in [6.07, 6.45) is 9.29. The van der Waals surface area contributed by atoms with Gasteiger partial charge in [0.05, 0.1) is 40.8 Å². The molecule has 0 radical (unpaired) electrons. The molecule has 14 nitrogen and oxygen atoms in total. The molecule has 14 heteroatoms. The number of hydrogen-bond acceptors (Lipinski definition) is 10. The third-order valence-electron chi connectivity index (χ3n) is 9.89. The van der Waals surface area contributed by atoms with Gasteiger partial charge < -0.3 is 40.1 Å². The molecule has 0 unspecified atom stereocenters. The van der Waals surface area contributed by atoms with E-state index in [9.17, 15) is 24.3 Å². The number of fused-ring (bicyclic) bond motifs is 4. The number of aromatic carboxylic acids is 1. The molecule has 0 fully saturated rings. The Morgan fingerprint density at radius 3 is 1.46 bits per heavy atom. The molecule has 0 saturated carbocycles. The number of carboxylic acid groups (broad SMARTS) is 1. The fourth-order valence-corrected chi connectivity index (χ4v) is 7.24. The summed E-state index contributed by atoms with van der Waals surface area (Å²) in [7, 11) is 0. The highest BCUT2D eigenvalue weighted by Crippen LogP contribution is 2.27. The monoisotopic (exact) mass is 763 g/mol. The third kappa shape index (κ3) is 8.16. The van der Waals surface area contributed by atoms with Crippen molar-refractivity contribution in [3.63, 3.8) is 0 Å². The van der Waals surface area contributed by atoms with Crippen molar-refractivity contribution in [3.05, 3.63) is 139 Å². The first-order chi connectivity index (χ1) is 26.2. The number of pyridine rings is 4. The average Bonchev–Trinajstić information content (AvgIpc) is 3.78. The summed E-state index contributed by atoms with van der Waals surface area (Å²) in [5.41, 5.74) is 5.27. The second-order valence-electron chi connectivity index (χ2n) is 13.3. The molecule has 8 rings (SSSR count). The predicted molar refractivity (Wildman–Crippen MR) is 211 cm³/mol. The summed E-state index contributed by atoms with van der Waals surface area (Å²) in [6.45, 7) is 6.90. The number of carbonyl (C=O) groups is 2. The number of esters is 1. The first kappa shape index (κ1) is 40.8. The molecule has 0 bridgehead atoms. The molecule has 4 aromatic heterocycles. The third-order valence-corrected chi connectivity index (χ3v) is 9.89. The minimum Gasteiger partial charge on any atom is -0.477 e. The van der Waals surface area contributed by atoms with Gasteiger partial charge in [-0.1, -0.05) is 48.5 Å². The Morgan fingerprint density at radius 1 is 0.696 bits per heavy atom. The zero-order valence-electron chi connectivity index (χ0n) is 31.5. The Bertz CT molecular complexity index is 2480. The van der Waals surface area contributed by atoms with Crippen LogP contribution in [0.15, 0.2) is 95.0 Å². The lowest BCUT2D eigenvalue weighted by atomic mass is 10.1. The molecule has 4 heterocycles. The molecule has 2 aromatic carbocycles. The van der Waals surface area contributed by atoms with Crippen LogP contribution in [0.4, 0.5) is 0 Å². The number of nitrogens with zero attached hydrogens (tertiary/aromatic N) is 4. The van der Waals surface area contributed by atoms with Crippen LogP contribution in [0, 0.1) is 0 Å². The highest BCUT2D eigenvalue weighted by molar-refractivity contribution is 5.94. The summed E-state index contributed by atoms with van der Waals surface area (Å²) in [5, 5.41) is 10.0. The van der Waals surface area contributed by atoms with E-state index in [1.165, 1.54) is 28.5 Å². The number of aryl methyl sites for hydroxylation is 2. The summed E-state index contributed by atoms with van der Waals surface area (Å²) in [4.78, 5) is 57.7. The molecule has 6 aromatic rings. The minimum absolute atomic E-state index is 0. The van der Waals surface area contributed by atoms with E-state index in [0.717, 1.165) is 25.7 Å². The lowest BCUT2D eigenvalue weighted by Crippen LogP contribution is -2.21. The van der Waals surface area contributed by atoms with Gasteiger partial charge in [0, 0.05) is 63.3 Å². The quantitative estimate of drug-likeness (QED) is 0.184. The highest BCUT2D eigenvalue weighted by Gasteiger charge is 2.25. The maximum atomic E-state index is 12.9. The zero-order valence-corrected chi connectivity index (χ0v) is 31.5. The van der Waals surface area contributed by atoms with E-state index in [0.29, 0.717) is 46.7 Å². The standard InChI is InChI=1S/C22H22N2O4.C20H18N2O4.H3N.H2O/c1-3-24-13-18(22(26)27-4-2)21(25)17-11-20(23-12-19(17)24)28-16-9-14-7-5-6-8-15(14)10-16;1-2-22-11-16(20(24)25)19(23)15-9-18(21-10-17(15)22)26-14-7-12-5-3-4-6-13(12)8-14;;/h5-8,11-13,16H,3-4,9-10H2,1-2H3;3-6,9-11,14H,2,7-8H2,1H3,(H,24,25);1H3;1H2. The second kappa shape index (κ2) is 17.4. The molecule has 2 aliphatic carbocycles. The SMILES string of the molecule is CCOC(=O)c1cn(CC)c2cnc(OC3Cc4ccccc4C3)cc2c1=O.CCn1cc(C(=O)O)c(=O)c2cc(OC3Cc4ccccc4C3)ncc21.N.O. The van der Waals surface area contributed by atoms with Gasteiger partial charge in [0.1, 0.15) is 23.3 Å². The van der Waals surface area contributed by atoms with Gasteiger partial charge >= 0.3 is 11.9 Å². The van der Waals surface area contributed by atoms with E-state index in [4.69, 9.17) is 14.2 Å². The number of carboxylic acids is 1. The summed E-state index contributed by atoms with van der Waals surface area (Å²) < 4.78 is 20.6. The van der Waals surface area contributed by atoms with E-state index in [1.807, 2.05) is 42.7 Å². The molecule has 2 aliphatic rings. The van der Waals surface area contributed by atoms with Crippen LogP contribution in [-0.2, 0) is 43.5 Å². The van der Waals surface area contributed by atoms with E-state index in [-0.39, 0.29) is 47.0 Å². The molecule has 0 aliphatic heterocycles. The first-order valence-corrected chi connectivity index (χ1v) is 18.1. The molecule has 292 valence electrons. The number of benzene rings is 2. The normalized spacial score (nSPS) is 13.1. The van der Waals surface area contributed by atoms with E-state index in [2.05, 4.69) is 34.2 Å². The molecule has 56 heavy (non-hydrogen) atoms. The van der Waals surface area contributed by atoms with Crippen molar-refractivity contribution in [2.45, 2.75) is 71.8 Å². The van der Waals surface area contributed by atoms with Crippen molar-refractivity contribution in [1.82, 2.24) is 25.3 Å². The topological polar surface area (TPSA) is 218 Å². The van der Waals surface area contributed by atoms with E-state index >= 15 is 0 Å². The van der Waals surface area contributed by atoms with E-state index < -0.39 is 17.4 Å². The lowest BCUT2D eigenvalue weighted by Gasteiger charge is -2.14. The Kier molecular flexibility index (Phi) is 12.7. The fraction of sp³-hybridized carbons (Fsp3) is 0.286. The molecular weight excluding hydrogens is 718 g/mol. The van der Waals surface area contributed by atoms with E-state index in [1.54, 1.807) is 42.2 Å². The van der Waals surface area contributed by atoms with Crippen molar-refractivity contribution in [3.8, 4) is 11.8 Å². The van der Waals surface area contributed by atoms with Gasteiger partial charge in [-0.3, -0.25) is 9.59 Å². The average molecular weight is 764 g/mol. The van der Waals surface area contributed by atoms with Crippen LogP contribution in [0.2, 0.25) is 0 Å². The fourth-order valence-electron chi connectivity index (χ4n) is 7.24. The summed E-state index contributed by atoms with van der Waals surface area (Å²) in [5.74, 6) is -1.10. The maximum absolute atomic E-state index is 12.9. The Morgan fingerprint density at radius 2 is 1.09 bits per heavy atom. The lowest BCUT2D eigenvalue weighted by molar-refractivity contribution is 0.0523. The first-order valence-electron chi connectivity index (χ1n) is 18.1. The van der Waals surface area contributed by atoms with Gasteiger partial charge in [-0.15, -0.1) is 0 Å². The number of hydrogen-bond donors (Lipinski definition) is 2. The molecule has 6 N–H and O–H groups in total.